The fraction of sp³-hybridized carbons (Fsp3) is 0.767. The first-order valence-electron chi connectivity index (χ1n) is 20.1. The second-order valence-corrected chi connectivity index (χ2v) is 14.2. The number of rotatable bonds is 32. The van der Waals surface area contributed by atoms with Gasteiger partial charge >= 0.3 is 11.9 Å². The van der Waals surface area contributed by atoms with E-state index >= 15 is 0 Å². The van der Waals surface area contributed by atoms with Crippen LogP contribution < -0.4 is 0 Å². The number of allylic oxidation sites excluding steroid dienone is 8. The van der Waals surface area contributed by atoms with Crippen molar-refractivity contribution in [3.63, 3.8) is 0 Å². The molecule has 0 aromatic heterocycles. The summed E-state index contributed by atoms with van der Waals surface area (Å²) in [6.45, 7) is 5.32. The Morgan fingerprint density at radius 1 is 0.542 bits per heavy atom. The Bertz CT molecular complexity index is 889. The van der Waals surface area contributed by atoms with E-state index < -0.39 is 0 Å². The molecular formula is C43H75NO4. The molecule has 1 aliphatic rings. The zero-order chi connectivity index (χ0) is 34.9. The molecule has 0 radical (unpaired) electrons. The summed E-state index contributed by atoms with van der Waals surface area (Å²) in [6, 6.07) is 0. The van der Waals surface area contributed by atoms with Crippen LogP contribution in [0, 0.1) is 5.92 Å². The fourth-order valence-electron chi connectivity index (χ4n) is 6.21. The third-order valence-corrected chi connectivity index (χ3v) is 9.18. The van der Waals surface area contributed by atoms with Gasteiger partial charge < -0.3 is 14.4 Å². The van der Waals surface area contributed by atoms with Crippen molar-refractivity contribution in [1.82, 2.24) is 4.90 Å². The zero-order valence-corrected chi connectivity index (χ0v) is 31.8. The zero-order valence-electron chi connectivity index (χ0n) is 31.8. The number of carbonyl (C=O) groups is 2. The van der Waals surface area contributed by atoms with E-state index in [0.29, 0.717) is 12.8 Å². The Hall–Kier alpha value is -2.14. The highest BCUT2D eigenvalue weighted by Crippen LogP contribution is 2.35. The van der Waals surface area contributed by atoms with Crippen molar-refractivity contribution in [1.29, 1.82) is 0 Å². The second-order valence-electron chi connectivity index (χ2n) is 14.2. The smallest absolute Gasteiger partial charge is 0.306 e. The lowest BCUT2D eigenvalue weighted by Crippen LogP contribution is -2.54. The second kappa shape index (κ2) is 32.1. The van der Waals surface area contributed by atoms with Crippen LogP contribution in [0.3, 0.4) is 0 Å². The largest absolute Gasteiger partial charge is 0.458 e. The van der Waals surface area contributed by atoms with Crippen LogP contribution in [0.5, 0.6) is 0 Å². The Kier molecular flexibility index (Phi) is 29.3. The van der Waals surface area contributed by atoms with E-state index in [1.165, 1.54) is 77.0 Å². The van der Waals surface area contributed by atoms with Gasteiger partial charge in [-0.25, -0.2) is 0 Å². The first kappa shape index (κ1) is 43.9. The lowest BCUT2D eigenvalue weighted by Gasteiger charge is -2.43. The van der Waals surface area contributed by atoms with Crippen LogP contribution in [0.25, 0.3) is 0 Å². The van der Waals surface area contributed by atoms with Crippen molar-refractivity contribution < 1.29 is 19.1 Å². The summed E-state index contributed by atoms with van der Waals surface area (Å²) < 4.78 is 11.7. The summed E-state index contributed by atoms with van der Waals surface area (Å²) in [5.74, 6) is -0.0742. The van der Waals surface area contributed by atoms with E-state index in [9.17, 15) is 9.59 Å². The molecule has 1 fully saturated rings. The number of nitrogens with zero attached hydrogens (tertiary/aromatic N) is 1. The topological polar surface area (TPSA) is 55.8 Å². The average Bonchev–Trinajstić information content (AvgIpc) is 3.06. The number of unbranched alkanes of at least 4 members (excludes halogenated alkanes) is 16. The van der Waals surface area contributed by atoms with Crippen molar-refractivity contribution >= 4 is 11.9 Å². The lowest BCUT2D eigenvalue weighted by molar-refractivity contribution is -0.194. The van der Waals surface area contributed by atoms with Gasteiger partial charge in [0.1, 0.15) is 12.2 Å². The van der Waals surface area contributed by atoms with Gasteiger partial charge in [0, 0.05) is 25.3 Å². The maximum Gasteiger partial charge on any atom is 0.306 e. The van der Waals surface area contributed by atoms with Crippen molar-refractivity contribution in [2.24, 2.45) is 5.92 Å². The maximum atomic E-state index is 12.7. The summed E-state index contributed by atoms with van der Waals surface area (Å²) >= 11 is 0. The molecule has 48 heavy (non-hydrogen) atoms. The quantitative estimate of drug-likeness (QED) is 0.0405. The Labute approximate surface area is 297 Å². The first-order valence-corrected chi connectivity index (χ1v) is 20.1. The van der Waals surface area contributed by atoms with E-state index in [0.717, 1.165) is 77.2 Å². The molecule has 1 aliphatic carbocycles. The van der Waals surface area contributed by atoms with Gasteiger partial charge in [0.15, 0.2) is 0 Å². The number of hydrogen-bond donors (Lipinski definition) is 0. The maximum absolute atomic E-state index is 12.7. The molecule has 1 rings (SSSR count). The first-order chi connectivity index (χ1) is 23.5. The third-order valence-electron chi connectivity index (χ3n) is 9.18. The SMILES string of the molecule is CCCCC/C=C\C/C=C\CCCCCCCC(=O)O[C@@H]1[C@H](CN(C)C)C[C@H]1OC(=O)CCCCCCC/C=C\C/C=C\CCCCC. The average molecular weight is 670 g/mol. The van der Waals surface area contributed by atoms with Gasteiger partial charge in [0.2, 0.25) is 0 Å². The van der Waals surface area contributed by atoms with Crippen LogP contribution in [0.15, 0.2) is 48.6 Å². The highest BCUT2D eigenvalue weighted by atomic mass is 16.6. The lowest BCUT2D eigenvalue weighted by atomic mass is 9.78. The Morgan fingerprint density at radius 3 is 1.38 bits per heavy atom. The van der Waals surface area contributed by atoms with Gasteiger partial charge in [-0.1, -0.05) is 127 Å². The molecule has 5 nitrogen and oxygen atoms in total. The number of esters is 2. The molecule has 5 heteroatoms. The van der Waals surface area contributed by atoms with Crippen LogP contribution in [-0.4, -0.2) is 49.7 Å². The molecule has 0 heterocycles. The molecule has 276 valence electrons. The summed E-state index contributed by atoms with van der Waals surface area (Å²) in [6.07, 6.45) is 45.0. The minimum atomic E-state index is -0.313. The Morgan fingerprint density at radius 2 is 0.938 bits per heavy atom. The third kappa shape index (κ3) is 25.8. The molecular weight excluding hydrogens is 594 g/mol. The standard InChI is InChI=1S/C43H75NO4/c1-5-7-9-11-13-15-17-19-21-23-25-27-29-31-33-35-41(45)47-40-37-39(38-44(3)4)43(40)48-42(46)36-34-32-30-28-26-24-22-20-18-16-14-12-10-8-6-2/h13-16,19-22,39-40,43H,5-12,17-18,23-38H2,1-4H3/b15-13-,16-14-,21-19-,22-20-/t39-,40+,43+/m0/s1. The molecule has 0 bridgehead atoms. The van der Waals surface area contributed by atoms with Gasteiger partial charge in [0.05, 0.1) is 0 Å². The summed E-state index contributed by atoms with van der Waals surface area (Å²) in [5.41, 5.74) is 0. The number of hydrogen-bond acceptors (Lipinski definition) is 5. The Balaban J connectivity index is 2.13. The summed E-state index contributed by atoms with van der Waals surface area (Å²) in [5, 5.41) is 0. The van der Waals surface area contributed by atoms with Crippen LogP contribution in [0.2, 0.25) is 0 Å². The predicted octanol–water partition coefficient (Wildman–Crippen LogP) is 12.0. The van der Waals surface area contributed by atoms with Crippen molar-refractivity contribution in [3.8, 4) is 0 Å². The summed E-state index contributed by atoms with van der Waals surface area (Å²) in [4.78, 5) is 27.4. The fourth-order valence-corrected chi connectivity index (χ4v) is 6.21. The predicted molar refractivity (Wildman–Crippen MR) is 205 cm³/mol. The number of ether oxygens (including phenoxy) is 2. The molecule has 0 saturated heterocycles. The number of carbonyl (C=O) groups excluding carboxylic acids is 2. The molecule has 0 unspecified atom stereocenters. The van der Waals surface area contributed by atoms with Gasteiger partial charge in [0.25, 0.3) is 0 Å². The highest BCUT2D eigenvalue weighted by molar-refractivity contribution is 5.71. The molecule has 0 aliphatic heterocycles. The highest BCUT2D eigenvalue weighted by Gasteiger charge is 2.46. The monoisotopic (exact) mass is 670 g/mol. The molecule has 0 N–H and O–H groups in total. The molecule has 0 spiro atoms. The molecule has 1 saturated carbocycles. The minimum Gasteiger partial charge on any atom is -0.458 e. The molecule has 0 aromatic rings. The van der Waals surface area contributed by atoms with Gasteiger partial charge in [-0.3, -0.25) is 9.59 Å². The van der Waals surface area contributed by atoms with Crippen molar-refractivity contribution in [2.75, 3.05) is 20.6 Å². The van der Waals surface area contributed by atoms with Gasteiger partial charge in [-0.05, 0) is 97.6 Å². The normalized spacial score (nSPS) is 18.1. The van der Waals surface area contributed by atoms with Crippen molar-refractivity contribution in [2.45, 2.75) is 187 Å². The minimum absolute atomic E-state index is 0.149. The van der Waals surface area contributed by atoms with E-state index in [-0.39, 0.29) is 30.1 Å². The van der Waals surface area contributed by atoms with E-state index in [2.05, 4.69) is 67.4 Å². The molecule has 0 amide bonds. The van der Waals surface area contributed by atoms with Crippen LogP contribution in [-0.2, 0) is 19.1 Å². The van der Waals surface area contributed by atoms with Crippen LogP contribution in [0.4, 0.5) is 0 Å². The van der Waals surface area contributed by atoms with Crippen LogP contribution >= 0.6 is 0 Å². The summed E-state index contributed by atoms with van der Waals surface area (Å²) in [7, 11) is 4.07. The molecule has 3 atom stereocenters. The van der Waals surface area contributed by atoms with Crippen LogP contribution in [0.1, 0.15) is 174 Å². The van der Waals surface area contributed by atoms with Gasteiger partial charge in [-0.2, -0.15) is 0 Å². The van der Waals surface area contributed by atoms with E-state index in [1.807, 2.05) is 14.1 Å². The van der Waals surface area contributed by atoms with E-state index in [1.54, 1.807) is 0 Å². The molecule has 0 aromatic carbocycles. The van der Waals surface area contributed by atoms with Crippen molar-refractivity contribution in [3.05, 3.63) is 48.6 Å². The van der Waals surface area contributed by atoms with E-state index in [4.69, 9.17) is 9.47 Å². The van der Waals surface area contributed by atoms with Gasteiger partial charge in [-0.15, -0.1) is 0 Å².